The summed E-state index contributed by atoms with van der Waals surface area (Å²) in [5.74, 6) is 0.810. The number of aryl methyl sites for hydroxylation is 3. The molecule has 2 rings (SSSR count). The first-order valence-electron chi connectivity index (χ1n) is 6.81. The largest absolute Gasteiger partial charge is 0.495 e. The Bertz CT molecular complexity index is 608. The van der Waals surface area contributed by atoms with Crippen LogP contribution in [0.2, 0.25) is 0 Å². The van der Waals surface area contributed by atoms with Gasteiger partial charge in [-0.1, -0.05) is 12.1 Å². The quantitative estimate of drug-likeness (QED) is 0.925. The summed E-state index contributed by atoms with van der Waals surface area (Å²) in [6, 6.07) is 6.61. The molecule has 0 amide bonds. The highest BCUT2D eigenvalue weighted by atomic mass is 16.5. The van der Waals surface area contributed by atoms with E-state index in [2.05, 4.69) is 43.2 Å². The van der Waals surface area contributed by atoms with Crippen molar-refractivity contribution in [2.45, 2.75) is 26.8 Å². The number of hydrogen-bond donors (Lipinski definition) is 1. The van der Waals surface area contributed by atoms with Crippen LogP contribution < -0.4 is 10.1 Å². The van der Waals surface area contributed by atoms with E-state index in [0.29, 0.717) is 0 Å². The number of nitrogens with one attached hydrogen (secondary N) is 1. The molecule has 0 aliphatic heterocycles. The summed E-state index contributed by atoms with van der Waals surface area (Å²) in [6.45, 7) is 6.45. The van der Waals surface area contributed by atoms with Crippen LogP contribution in [-0.4, -0.2) is 19.1 Å². The predicted molar refractivity (Wildman–Crippen MR) is 82.3 cm³/mol. The van der Waals surface area contributed by atoms with Gasteiger partial charge in [-0.2, -0.15) is 0 Å². The molecule has 1 aromatic carbocycles. The van der Waals surface area contributed by atoms with Gasteiger partial charge in [0, 0.05) is 11.8 Å². The molecular weight excluding hydrogens is 248 g/mol. The summed E-state index contributed by atoms with van der Waals surface area (Å²) < 4.78 is 5.44. The fraction of sp³-hybridized carbons (Fsp3) is 0.353. The zero-order valence-electron chi connectivity index (χ0n) is 12.8. The molecule has 2 aromatic rings. The summed E-state index contributed by atoms with van der Waals surface area (Å²) in [7, 11) is 3.65. The van der Waals surface area contributed by atoms with E-state index in [1.165, 1.54) is 22.3 Å². The van der Waals surface area contributed by atoms with E-state index < -0.39 is 0 Å². The maximum absolute atomic E-state index is 5.44. The van der Waals surface area contributed by atoms with Gasteiger partial charge in [-0.15, -0.1) is 0 Å². The predicted octanol–water partition coefficient (Wildman–Crippen LogP) is 3.32. The van der Waals surface area contributed by atoms with Crippen LogP contribution in [0.5, 0.6) is 5.75 Å². The Hall–Kier alpha value is -1.87. The maximum atomic E-state index is 5.44. The lowest BCUT2D eigenvalue weighted by Gasteiger charge is -2.22. The summed E-state index contributed by atoms with van der Waals surface area (Å²) in [6.07, 6.45) is 3.56. The first-order chi connectivity index (χ1) is 9.58. The first kappa shape index (κ1) is 14.5. The molecule has 1 heterocycles. The monoisotopic (exact) mass is 270 g/mol. The average molecular weight is 270 g/mol. The Labute approximate surface area is 121 Å². The Morgan fingerprint density at radius 1 is 1.05 bits per heavy atom. The van der Waals surface area contributed by atoms with Crippen molar-refractivity contribution >= 4 is 0 Å². The number of hydrogen-bond acceptors (Lipinski definition) is 3. The fourth-order valence-corrected chi connectivity index (χ4v) is 2.57. The molecule has 1 atom stereocenters. The van der Waals surface area contributed by atoms with Gasteiger partial charge in [0.05, 0.1) is 19.3 Å². The minimum Gasteiger partial charge on any atom is -0.495 e. The maximum Gasteiger partial charge on any atom is 0.142 e. The molecule has 0 saturated carbocycles. The van der Waals surface area contributed by atoms with E-state index in [1.807, 2.05) is 13.1 Å². The van der Waals surface area contributed by atoms with Crippen LogP contribution >= 0.6 is 0 Å². The molecule has 3 heteroatoms. The number of benzene rings is 1. The van der Waals surface area contributed by atoms with Crippen LogP contribution in [0.1, 0.15) is 33.9 Å². The molecule has 0 radical (unpaired) electrons. The van der Waals surface area contributed by atoms with Crippen molar-refractivity contribution in [3.05, 3.63) is 58.4 Å². The molecule has 1 N–H and O–H groups in total. The van der Waals surface area contributed by atoms with Gasteiger partial charge < -0.3 is 10.1 Å². The fourth-order valence-electron chi connectivity index (χ4n) is 2.57. The Kier molecular flexibility index (Phi) is 4.40. The number of ether oxygens (including phenoxy) is 1. The second kappa shape index (κ2) is 6.06. The van der Waals surface area contributed by atoms with E-state index in [1.54, 1.807) is 19.5 Å². The summed E-state index contributed by atoms with van der Waals surface area (Å²) >= 11 is 0. The number of rotatable bonds is 4. The van der Waals surface area contributed by atoms with Crippen LogP contribution in [0.3, 0.4) is 0 Å². The zero-order chi connectivity index (χ0) is 14.7. The highest BCUT2D eigenvalue weighted by molar-refractivity contribution is 5.45. The van der Waals surface area contributed by atoms with Crippen molar-refractivity contribution in [2.24, 2.45) is 0 Å². The number of nitrogens with zero attached hydrogens (tertiary/aromatic N) is 1. The summed E-state index contributed by atoms with van der Waals surface area (Å²) in [5.41, 5.74) is 6.30. The average Bonchev–Trinajstić information content (AvgIpc) is 2.45. The lowest BCUT2D eigenvalue weighted by atomic mass is 9.92. The highest BCUT2D eigenvalue weighted by Crippen LogP contribution is 2.31. The molecule has 106 valence electrons. The third-order valence-corrected chi connectivity index (χ3v) is 3.83. The molecule has 1 aromatic heterocycles. The van der Waals surface area contributed by atoms with Crippen LogP contribution in [0, 0.1) is 20.8 Å². The summed E-state index contributed by atoms with van der Waals surface area (Å²) in [4.78, 5) is 4.13. The van der Waals surface area contributed by atoms with E-state index >= 15 is 0 Å². The van der Waals surface area contributed by atoms with Crippen molar-refractivity contribution < 1.29 is 4.74 Å². The molecule has 0 aliphatic carbocycles. The third kappa shape index (κ3) is 2.68. The molecule has 3 nitrogen and oxygen atoms in total. The molecule has 0 spiro atoms. The van der Waals surface area contributed by atoms with Gasteiger partial charge in [-0.25, -0.2) is 0 Å². The number of aromatic nitrogens is 1. The minimum absolute atomic E-state index is 0.104. The van der Waals surface area contributed by atoms with Crippen LogP contribution in [0.25, 0.3) is 0 Å². The van der Waals surface area contributed by atoms with Crippen molar-refractivity contribution in [1.29, 1.82) is 0 Å². The van der Waals surface area contributed by atoms with Crippen molar-refractivity contribution in [1.82, 2.24) is 10.3 Å². The molecule has 20 heavy (non-hydrogen) atoms. The minimum atomic E-state index is 0.104. The second-order valence-electron chi connectivity index (χ2n) is 5.13. The lowest BCUT2D eigenvalue weighted by Crippen LogP contribution is -2.20. The van der Waals surface area contributed by atoms with Gasteiger partial charge in [0.2, 0.25) is 0 Å². The SMILES string of the molecule is CNC(c1cc(C)c(C)cc1C)c1ccncc1OC. The highest BCUT2D eigenvalue weighted by Gasteiger charge is 2.18. The van der Waals surface area contributed by atoms with Gasteiger partial charge in [-0.3, -0.25) is 4.98 Å². The van der Waals surface area contributed by atoms with Gasteiger partial charge in [0.1, 0.15) is 5.75 Å². The Morgan fingerprint density at radius 3 is 2.40 bits per heavy atom. The Balaban J connectivity index is 2.55. The lowest BCUT2D eigenvalue weighted by molar-refractivity contribution is 0.403. The third-order valence-electron chi connectivity index (χ3n) is 3.83. The van der Waals surface area contributed by atoms with Crippen LogP contribution in [0.15, 0.2) is 30.6 Å². The van der Waals surface area contributed by atoms with Gasteiger partial charge in [-0.05, 0) is 56.1 Å². The molecule has 0 fully saturated rings. The topological polar surface area (TPSA) is 34.2 Å². The van der Waals surface area contributed by atoms with Gasteiger partial charge in [0.15, 0.2) is 0 Å². The second-order valence-corrected chi connectivity index (χ2v) is 5.13. The summed E-state index contributed by atoms with van der Waals surface area (Å²) in [5, 5.41) is 3.39. The van der Waals surface area contributed by atoms with Crippen molar-refractivity contribution in [3.8, 4) is 5.75 Å². The standard InChI is InChI=1S/C17H22N2O/c1-11-8-13(3)15(9-12(11)2)17(18-4)14-6-7-19-10-16(14)20-5/h6-10,17-18H,1-5H3. The van der Waals surface area contributed by atoms with Crippen LogP contribution in [-0.2, 0) is 0 Å². The smallest absolute Gasteiger partial charge is 0.142 e. The zero-order valence-corrected chi connectivity index (χ0v) is 12.8. The normalized spacial score (nSPS) is 12.2. The molecule has 0 aliphatic rings. The molecule has 1 unspecified atom stereocenters. The van der Waals surface area contributed by atoms with Crippen LogP contribution in [0.4, 0.5) is 0 Å². The van der Waals surface area contributed by atoms with E-state index in [9.17, 15) is 0 Å². The van der Waals surface area contributed by atoms with E-state index in [0.717, 1.165) is 11.3 Å². The van der Waals surface area contributed by atoms with Crippen molar-refractivity contribution in [2.75, 3.05) is 14.2 Å². The van der Waals surface area contributed by atoms with E-state index in [-0.39, 0.29) is 6.04 Å². The first-order valence-corrected chi connectivity index (χ1v) is 6.81. The van der Waals surface area contributed by atoms with Gasteiger partial charge >= 0.3 is 0 Å². The van der Waals surface area contributed by atoms with Gasteiger partial charge in [0.25, 0.3) is 0 Å². The number of methoxy groups -OCH3 is 1. The molecule has 0 saturated heterocycles. The molecular formula is C17H22N2O. The molecule has 0 bridgehead atoms. The van der Waals surface area contributed by atoms with E-state index in [4.69, 9.17) is 4.74 Å². The van der Waals surface area contributed by atoms with Crippen molar-refractivity contribution in [3.63, 3.8) is 0 Å². The number of pyridine rings is 1. The Morgan fingerprint density at radius 2 is 1.75 bits per heavy atom.